The summed E-state index contributed by atoms with van der Waals surface area (Å²) in [6.07, 6.45) is 0. The monoisotopic (exact) mass is 428 g/mol. The molecule has 1 amide bonds. The number of methoxy groups -OCH3 is 2. The fraction of sp³-hybridized carbons (Fsp3) is 0.174. The minimum absolute atomic E-state index is 0.163. The highest BCUT2D eigenvalue weighted by Gasteiger charge is 2.15. The van der Waals surface area contributed by atoms with Crippen molar-refractivity contribution >= 4 is 17.3 Å². The number of ether oxygens (including phenoxy) is 3. The van der Waals surface area contributed by atoms with Gasteiger partial charge in [0.05, 0.1) is 14.2 Å². The molecule has 0 spiro atoms. The summed E-state index contributed by atoms with van der Waals surface area (Å²) in [6.45, 7) is 1.64. The highest BCUT2D eigenvalue weighted by Crippen LogP contribution is 2.34. The molecule has 0 aliphatic carbocycles. The largest absolute Gasteiger partial charge is 0.497 e. The summed E-state index contributed by atoms with van der Waals surface area (Å²) in [5, 5.41) is 5.59. The first-order chi connectivity index (χ1) is 14.9. The van der Waals surface area contributed by atoms with Crippen LogP contribution >= 0.6 is 0 Å². The third-order valence-electron chi connectivity index (χ3n) is 4.41. The lowest BCUT2D eigenvalue weighted by Crippen LogP contribution is -2.31. The van der Waals surface area contributed by atoms with Crippen LogP contribution in [0.3, 0.4) is 0 Å². The molecule has 1 unspecified atom stereocenters. The number of amides is 1. The lowest BCUT2D eigenvalue weighted by Gasteiger charge is -2.17. The minimum Gasteiger partial charge on any atom is -0.497 e. The van der Waals surface area contributed by atoms with E-state index in [-0.39, 0.29) is 5.69 Å². The number of carbonyl (C=O) groups excluding carboxylic acids is 1. The molecule has 0 fully saturated rings. The molecule has 3 rings (SSSR count). The molecule has 0 aromatic heterocycles. The standard InChI is InChI=1S/C23H22F2N2O4/c1-14(23(28)27-15-4-10-19(24)20(25)12-15)26-16-5-11-21(30-3)22(13-16)31-18-8-6-17(29-2)7-9-18/h4-14,26H,1-3H3,(H,27,28). The number of rotatable bonds is 8. The van der Waals surface area contributed by atoms with Crippen LogP contribution < -0.4 is 24.8 Å². The van der Waals surface area contributed by atoms with Gasteiger partial charge in [0.2, 0.25) is 5.91 Å². The van der Waals surface area contributed by atoms with Crippen molar-refractivity contribution in [3.05, 3.63) is 72.3 Å². The van der Waals surface area contributed by atoms with Crippen molar-refractivity contribution in [1.82, 2.24) is 0 Å². The number of carbonyl (C=O) groups is 1. The predicted molar refractivity (Wildman–Crippen MR) is 114 cm³/mol. The van der Waals surface area contributed by atoms with Gasteiger partial charge in [-0.15, -0.1) is 0 Å². The van der Waals surface area contributed by atoms with Gasteiger partial charge < -0.3 is 24.8 Å². The summed E-state index contributed by atoms with van der Waals surface area (Å²) in [5.74, 6) is -0.178. The number of halogens is 2. The second kappa shape index (κ2) is 9.80. The second-order valence-electron chi connectivity index (χ2n) is 6.63. The molecule has 0 aliphatic heterocycles. The molecule has 6 nitrogen and oxygen atoms in total. The van der Waals surface area contributed by atoms with Crippen LogP contribution in [0.4, 0.5) is 20.2 Å². The van der Waals surface area contributed by atoms with Gasteiger partial charge >= 0.3 is 0 Å². The highest BCUT2D eigenvalue weighted by molar-refractivity contribution is 5.96. The van der Waals surface area contributed by atoms with Crippen LogP contribution in [0, 0.1) is 11.6 Å². The molecular weight excluding hydrogens is 406 g/mol. The molecule has 2 N–H and O–H groups in total. The fourth-order valence-corrected chi connectivity index (χ4v) is 2.76. The smallest absolute Gasteiger partial charge is 0.246 e. The van der Waals surface area contributed by atoms with Crippen LogP contribution in [0.1, 0.15) is 6.92 Å². The van der Waals surface area contributed by atoms with E-state index in [2.05, 4.69) is 10.6 Å². The Morgan fingerprint density at radius 2 is 1.48 bits per heavy atom. The maximum Gasteiger partial charge on any atom is 0.246 e. The minimum atomic E-state index is -1.03. The van der Waals surface area contributed by atoms with Gasteiger partial charge in [0.15, 0.2) is 23.1 Å². The Bertz CT molecular complexity index is 1060. The van der Waals surface area contributed by atoms with Crippen LogP contribution in [0.5, 0.6) is 23.0 Å². The van der Waals surface area contributed by atoms with Crippen molar-refractivity contribution in [2.45, 2.75) is 13.0 Å². The maximum atomic E-state index is 13.3. The highest BCUT2D eigenvalue weighted by atomic mass is 19.2. The van der Waals surface area contributed by atoms with Crippen molar-refractivity contribution in [2.75, 3.05) is 24.9 Å². The van der Waals surface area contributed by atoms with Crippen LogP contribution in [0.25, 0.3) is 0 Å². The molecule has 0 saturated heterocycles. The molecule has 8 heteroatoms. The molecule has 0 heterocycles. The van der Waals surface area contributed by atoms with E-state index in [0.717, 1.165) is 12.1 Å². The van der Waals surface area contributed by atoms with Crippen LogP contribution in [0.15, 0.2) is 60.7 Å². The van der Waals surface area contributed by atoms with Gasteiger partial charge in [0, 0.05) is 23.5 Å². The number of hydrogen-bond acceptors (Lipinski definition) is 5. The lowest BCUT2D eigenvalue weighted by atomic mass is 10.2. The Hall–Kier alpha value is -3.81. The Morgan fingerprint density at radius 1 is 0.806 bits per heavy atom. The first kappa shape index (κ1) is 21.9. The summed E-state index contributed by atoms with van der Waals surface area (Å²) < 4.78 is 42.8. The van der Waals surface area contributed by atoms with Crippen molar-refractivity contribution in [3.8, 4) is 23.0 Å². The molecular formula is C23H22F2N2O4. The Labute approximate surface area is 178 Å². The SMILES string of the molecule is COc1ccc(Oc2cc(NC(C)C(=O)Nc3ccc(F)c(F)c3)ccc2OC)cc1. The zero-order chi connectivity index (χ0) is 22.4. The van der Waals surface area contributed by atoms with Gasteiger partial charge in [-0.25, -0.2) is 8.78 Å². The quantitative estimate of drug-likeness (QED) is 0.515. The Kier molecular flexibility index (Phi) is 6.92. The van der Waals surface area contributed by atoms with Gasteiger partial charge in [-0.2, -0.15) is 0 Å². The molecule has 0 radical (unpaired) electrons. The van der Waals surface area contributed by atoms with E-state index in [1.807, 2.05) is 0 Å². The summed E-state index contributed by atoms with van der Waals surface area (Å²) in [5.41, 5.74) is 0.771. The lowest BCUT2D eigenvalue weighted by molar-refractivity contribution is -0.116. The topological polar surface area (TPSA) is 68.8 Å². The van der Waals surface area contributed by atoms with Gasteiger partial charge in [-0.05, 0) is 55.5 Å². The zero-order valence-corrected chi connectivity index (χ0v) is 17.2. The molecule has 31 heavy (non-hydrogen) atoms. The van der Waals surface area contributed by atoms with Crippen molar-refractivity contribution in [2.24, 2.45) is 0 Å². The summed E-state index contributed by atoms with van der Waals surface area (Å²) in [4.78, 5) is 12.4. The van der Waals surface area contributed by atoms with E-state index < -0.39 is 23.6 Å². The van der Waals surface area contributed by atoms with E-state index >= 15 is 0 Å². The maximum absolute atomic E-state index is 13.3. The molecule has 3 aromatic rings. The van der Waals surface area contributed by atoms with E-state index in [4.69, 9.17) is 14.2 Å². The zero-order valence-electron chi connectivity index (χ0n) is 17.2. The molecule has 0 aliphatic rings. The van der Waals surface area contributed by atoms with Gasteiger partial charge in [0.1, 0.15) is 17.5 Å². The molecule has 162 valence electrons. The molecule has 1 atom stereocenters. The Morgan fingerprint density at radius 3 is 2.13 bits per heavy atom. The summed E-state index contributed by atoms with van der Waals surface area (Å²) >= 11 is 0. The van der Waals surface area contributed by atoms with Crippen molar-refractivity contribution in [3.63, 3.8) is 0 Å². The van der Waals surface area contributed by atoms with E-state index in [1.54, 1.807) is 56.5 Å². The number of hydrogen-bond donors (Lipinski definition) is 2. The van der Waals surface area contributed by atoms with Crippen LogP contribution in [0.2, 0.25) is 0 Å². The van der Waals surface area contributed by atoms with Crippen LogP contribution in [-0.2, 0) is 4.79 Å². The Balaban J connectivity index is 1.70. The third kappa shape index (κ3) is 5.63. The normalized spacial score (nSPS) is 11.4. The van der Waals surface area contributed by atoms with Crippen molar-refractivity contribution < 1.29 is 27.8 Å². The van der Waals surface area contributed by atoms with E-state index in [0.29, 0.717) is 28.7 Å². The van der Waals surface area contributed by atoms with Gasteiger partial charge in [-0.3, -0.25) is 4.79 Å². The average molecular weight is 428 g/mol. The molecule has 0 saturated carbocycles. The van der Waals surface area contributed by atoms with Crippen LogP contribution in [-0.4, -0.2) is 26.2 Å². The number of anilines is 2. The summed E-state index contributed by atoms with van der Waals surface area (Å²) in [6, 6.07) is 14.7. The number of nitrogens with one attached hydrogen (secondary N) is 2. The van der Waals surface area contributed by atoms with Gasteiger partial charge in [0.25, 0.3) is 0 Å². The molecule has 3 aromatic carbocycles. The first-order valence-electron chi connectivity index (χ1n) is 9.42. The summed E-state index contributed by atoms with van der Waals surface area (Å²) in [7, 11) is 3.11. The van der Waals surface area contributed by atoms with E-state index in [9.17, 15) is 13.6 Å². The third-order valence-corrected chi connectivity index (χ3v) is 4.41. The average Bonchev–Trinajstić information content (AvgIpc) is 2.77. The second-order valence-corrected chi connectivity index (χ2v) is 6.63. The fourth-order valence-electron chi connectivity index (χ4n) is 2.76. The predicted octanol–water partition coefficient (Wildman–Crippen LogP) is 5.21. The van der Waals surface area contributed by atoms with Gasteiger partial charge in [-0.1, -0.05) is 0 Å². The number of benzene rings is 3. The van der Waals surface area contributed by atoms with Crippen molar-refractivity contribution in [1.29, 1.82) is 0 Å². The molecule has 0 bridgehead atoms. The van der Waals surface area contributed by atoms with E-state index in [1.165, 1.54) is 13.2 Å². The first-order valence-corrected chi connectivity index (χ1v) is 9.42.